The Kier molecular flexibility index (Phi) is 2.94. The smallest absolute Gasteiger partial charge is 0.246 e. The van der Waals surface area contributed by atoms with Crippen LogP contribution in [0.5, 0.6) is 0 Å². The first-order chi connectivity index (χ1) is 8.59. The average Bonchev–Trinajstić information content (AvgIpc) is 2.66. The second kappa shape index (κ2) is 4.35. The Balaban J connectivity index is 1.71. The molecule has 2 N–H and O–H groups in total. The van der Waals surface area contributed by atoms with Crippen LogP contribution in [0, 0.1) is 0 Å². The van der Waals surface area contributed by atoms with E-state index in [2.05, 4.69) is 26.6 Å². The summed E-state index contributed by atoms with van der Waals surface area (Å²) in [7, 11) is 0. The predicted molar refractivity (Wildman–Crippen MR) is 72.4 cm³/mol. The second-order valence-corrected chi connectivity index (χ2v) is 7.20. The summed E-state index contributed by atoms with van der Waals surface area (Å²) >= 11 is 4.98. The molecule has 1 saturated carbocycles. The minimum absolute atomic E-state index is 0.0207. The molecule has 18 heavy (non-hydrogen) atoms. The Bertz CT molecular complexity index is 510. The number of rotatable bonds is 2. The largest absolute Gasteiger partial charge is 0.342 e. The van der Waals surface area contributed by atoms with Crippen molar-refractivity contribution in [1.82, 2.24) is 10.6 Å². The van der Waals surface area contributed by atoms with E-state index in [1.165, 1.54) is 0 Å². The summed E-state index contributed by atoms with van der Waals surface area (Å²) in [4.78, 5) is 24.0. The van der Waals surface area contributed by atoms with Crippen LogP contribution in [-0.4, -0.2) is 23.4 Å². The van der Waals surface area contributed by atoms with E-state index in [9.17, 15) is 9.59 Å². The summed E-state index contributed by atoms with van der Waals surface area (Å²) in [6.45, 7) is 0. The first-order valence-electron chi connectivity index (χ1n) is 5.95. The molecule has 4 nitrogen and oxygen atoms in total. The zero-order valence-electron chi connectivity index (χ0n) is 9.66. The summed E-state index contributed by atoms with van der Waals surface area (Å²) in [5, 5.41) is 7.75. The van der Waals surface area contributed by atoms with Crippen LogP contribution < -0.4 is 10.6 Å². The van der Waals surface area contributed by atoms with Crippen LogP contribution in [0.4, 0.5) is 0 Å². The molecule has 1 aliphatic heterocycles. The van der Waals surface area contributed by atoms with Crippen molar-refractivity contribution in [3.63, 3.8) is 0 Å². The third kappa shape index (κ3) is 1.97. The zero-order valence-corrected chi connectivity index (χ0v) is 12.1. The van der Waals surface area contributed by atoms with Crippen molar-refractivity contribution in [3.8, 4) is 0 Å². The minimum Gasteiger partial charge on any atom is -0.342 e. The second-order valence-electron chi connectivity index (χ2n) is 4.91. The summed E-state index contributed by atoms with van der Waals surface area (Å²) in [5.41, 5.74) is 0.472. The van der Waals surface area contributed by atoms with Gasteiger partial charge in [0.2, 0.25) is 11.8 Å². The molecule has 96 valence electrons. The summed E-state index contributed by atoms with van der Waals surface area (Å²) in [6, 6.07) is 1.54. The Hall–Kier alpha value is -0.880. The van der Waals surface area contributed by atoms with E-state index in [-0.39, 0.29) is 11.8 Å². The van der Waals surface area contributed by atoms with E-state index in [4.69, 9.17) is 0 Å². The number of nitrogens with one attached hydrogen (secondary N) is 2. The van der Waals surface area contributed by atoms with E-state index in [1.807, 2.05) is 11.4 Å². The van der Waals surface area contributed by atoms with Crippen molar-refractivity contribution in [3.05, 3.63) is 20.8 Å². The highest BCUT2D eigenvalue weighted by Crippen LogP contribution is 2.34. The Morgan fingerprint density at radius 3 is 2.78 bits per heavy atom. The molecule has 1 unspecified atom stereocenters. The Labute approximate surface area is 117 Å². The van der Waals surface area contributed by atoms with Crippen LogP contribution in [0.25, 0.3) is 0 Å². The maximum atomic E-state index is 12.0. The van der Waals surface area contributed by atoms with Gasteiger partial charge < -0.3 is 10.6 Å². The van der Waals surface area contributed by atoms with Crippen LogP contribution in [0.15, 0.2) is 15.2 Å². The van der Waals surface area contributed by atoms with Crippen molar-refractivity contribution in [2.45, 2.75) is 37.3 Å². The molecule has 0 aromatic carbocycles. The van der Waals surface area contributed by atoms with Crippen LogP contribution in [0.3, 0.4) is 0 Å². The molecule has 1 saturated heterocycles. The maximum absolute atomic E-state index is 12.0. The van der Waals surface area contributed by atoms with E-state index >= 15 is 0 Å². The molecule has 6 heteroatoms. The molecule has 0 bridgehead atoms. The number of thiophene rings is 1. The van der Waals surface area contributed by atoms with Crippen LogP contribution >= 0.6 is 27.3 Å². The molecule has 2 fully saturated rings. The predicted octanol–water partition coefficient (Wildman–Crippen LogP) is 1.59. The van der Waals surface area contributed by atoms with Crippen LogP contribution in [-0.2, 0) is 16.0 Å². The number of hydrogen-bond donors (Lipinski definition) is 2. The first-order valence-corrected chi connectivity index (χ1v) is 7.62. The third-order valence-corrected chi connectivity index (χ3v) is 5.24. The molecule has 3 rings (SSSR count). The van der Waals surface area contributed by atoms with Gasteiger partial charge in [-0.2, -0.15) is 0 Å². The number of hydrogen-bond acceptors (Lipinski definition) is 3. The number of carbonyl (C=O) groups excluding carboxylic acids is 2. The lowest BCUT2D eigenvalue weighted by Gasteiger charge is -2.45. The van der Waals surface area contributed by atoms with Gasteiger partial charge in [-0.15, -0.1) is 11.3 Å². The third-order valence-electron chi connectivity index (χ3n) is 3.69. The number of piperazine rings is 1. The highest BCUT2D eigenvalue weighted by Gasteiger charge is 2.50. The van der Waals surface area contributed by atoms with Gasteiger partial charge in [0.15, 0.2) is 0 Å². The lowest BCUT2D eigenvalue weighted by molar-refractivity contribution is -0.145. The van der Waals surface area contributed by atoms with Crippen molar-refractivity contribution < 1.29 is 9.59 Å². The van der Waals surface area contributed by atoms with Gasteiger partial charge in [-0.25, -0.2) is 0 Å². The van der Waals surface area contributed by atoms with Gasteiger partial charge in [0.25, 0.3) is 0 Å². The number of amides is 2. The van der Waals surface area contributed by atoms with Crippen LogP contribution in [0.2, 0.25) is 0 Å². The van der Waals surface area contributed by atoms with Gasteiger partial charge >= 0.3 is 0 Å². The normalized spacial score (nSPS) is 25.5. The molecule has 2 heterocycles. The van der Waals surface area contributed by atoms with Crippen molar-refractivity contribution >= 4 is 39.1 Å². The molecule has 1 spiro atoms. The van der Waals surface area contributed by atoms with Crippen LogP contribution in [0.1, 0.15) is 24.8 Å². The van der Waals surface area contributed by atoms with Crippen molar-refractivity contribution in [2.24, 2.45) is 0 Å². The fourth-order valence-corrected chi connectivity index (χ4v) is 3.68. The van der Waals surface area contributed by atoms with E-state index < -0.39 is 11.6 Å². The van der Waals surface area contributed by atoms with Gasteiger partial charge in [0.1, 0.15) is 11.6 Å². The first kappa shape index (κ1) is 12.2. The van der Waals surface area contributed by atoms with Crippen molar-refractivity contribution in [1.29, 1.82) is 0 Å². The van der Waals surface area contributed by atoms with E-state index in [0.717, 1.165) is 28.6 Å². The Morgan fingerprint density at radius 2 is 2.22 bits per heavy atom. The van der Waals surface area contributed by atoms with Gasteiger partial charge in [0.05, 0.1) is 3.79 Å². The molecular weight excluding hydrogens is 316 g/mol. The summed E-state index contributed by atoms with van der Waals surface area (Å²) < 4.78 is 1.04. The number of halogens is 1. The lowest BCUT2D eigenvalue weighted by atomic mass is 9.74. The minimum atomic E-state index is -0.594. The van der Waals surface area contributed by atoms with E-state index in [1.54, 1.807) is 11.3 Å². The zero-order chi connectivity index (χ0) is 12.8. The molecule has 1 aromatic rings. The highest BCUT2D eigenvalue weighted by atomic mass is 79.9. The summed E-state index contributed by atoms with van der Waals surface area (Å²) in [6.07, 6.45) is 3.09. The molecule has 1 aromatic heterocycles. The quantitative estimate of drug-likeness (QED) is 0.866. The van der Waals surface area contributed by atoms with E-state index in [0.29, 0.717) is 6.42 Å². The lowest BCUT2D eigenvalue weighted by Crippen LogP contribution is -2.72. The molecule has 2 aliphatic rings. The molecule has 1 atom stereocenters. The molecule has 0 radical (unpaired) electrons. The maximum Gasteiger partial charge on any atom is 0.246 e. The summed E-state index contributed by atoms with van der Waals surface area (Å²) in [5.74, 6) is -0.0794. The fraction of sp³-hybridized carbons (Fsp3) is 0.500. The van der Waals surface area contributed by atoms with Gasteiger partial charge in [-0.3, -0.25) is 9.59 Å². The SMILES string of the molecule is O=C1NC2(CCC2)C(=O)NC1Cc1csc(Br)c1. The number of carbonyl (C=O) groups is 2. The molecular formula is C12H13BrN2O2S. The standard InChI is InChI=1S/C12H13BrN2O2S/c13-9-5-7(6-18-9)4-8-10(16)15-12(2-1-3-12)11(17)14-8/h5-6,8H,1-4H2,(H,14,17)(H,15,16). The monoisotopic (exact) mass is 328 g/mol. The molecule has 1 aliphatic carbocycles. The topological polar surface area (TPSA) is 58.2 Å². The highest BCUT2D eigenvalue weighted by molar-refractivity contribution is 9.11. The van der Waals surface area contributed by atoms with Gasteiger partial charge in [0, 0.05) is 6.42 Å². The molecule has 2 amide bonds. The fourth-order valence-electron chi connectivity index (χ4n) is 2.46. The van der Waals surface area contributed by atoms with Gasteiger partial charge in [-0.05, 0) is 52.2 Å². The Morgan fingerprint density at radius 1 is 1.44 bits per heavy atom. The van der Waals surface area contributed by atoms with Gasteiger partial charge in [-0.1, -0.05) is 0 Å². The average molecular weight is 329 g/mol. The van der Waals surface area contributed by atoms with Crippen molar-refractivity contribution in [2.75, 3.05) is 0 Å².